The molecule has 1 fully saturated rings. The third-order valence-corrected chi connectivity index (χ3v) is 3.57. The number of carbonyl (C=O) groups excluding carboxylic acids is 1. The van der Waals surface area contributed by atoms with Crippen LogP contribution >= 0.6 is 0 Å². The van der Waals surface area contributed by atoms with Gasteiger partial charge in [-0.15, -0.1) is 0 Å². The van der Waals surface area contributed by atoms with Crippen molar-refractivity contribution in [2.24, 2.45) is 17.6 Å². The van der Waals surface area contributed by atoms with Crippen molar-refractivity contribution in [3.05, 3.63) is 36.8 Å². The summed E-state index contributed by atoms with van der Waals surface area (Å²) in [6.07, 6.45) is 7.04. The van der Waals surface area contributed by atoms with Crippen LogP contribution in [0.25, 0.3) is 0 Å². The second-order valence-corrected chi connectivity index (χ2v) is 4.85. The van der Waals surface area contributed by atoms with Crippen LogP contribution in [-0.2, 0) is 4.79 Å². The number of allylic oxidation sites excluding steroid dienone is 1. The van der Waals surface area contributed by atoms with Gasteiger partial charge in [0.15, 0.2) is 0 Å². The summed E-state index contributed by atoms with van der Waals surface area (Å²) in [7, 11) is 0. The van der Waals surface area contributed by atoms with E-state index in [-0.39, 0.29) is 11.8 Å². The van der Waals surface area contributed by atoms with Gasteiger partial charge in [0, 0.05) is 29.7 Å². The van der Waals surface area contributed by atoms with E-state index >= 15 is 0 Å². The molecule has 1 aromatic heterocycles. The highest BCUT2D eigenvalue weighted by molar-refractivity contribution is 5.92. The van der Waals surface area contributed by atoms with E-state index in [2.05, 4.69) is 16.9 Å². The molecule has 0 saturated heterocycles. The summed E-state index contributed by atoms with van der Waals surface area (Å²) < 4.78 is 0. The molecule has 1 heterocycles. The van der Waals surface area contributed by atoms with Crippen molar-refractivity contribution in [2.75, 3.05) is 5.32 Å². The van der Waals surface area contributed by atoms with Crippen LogP contribution < -0.4 is 11.1 Å². The Morgan fingerprint density at radius 1 is 1.22 bits per heavy atom. The molecule has 4 nitrogen and oxygen atoms in total. The van der Waals surface area contributed by atoms with E-state index in [1.807, 2.05) is 0 Å². The first-order valence-electron chi connectivity index (χ1n) is 6.32. The van der Waals surface area contributed by atoms with Crippen molar-refractivity contribution in [3.8, 4) is 0 Å². The molecule has 0 atom stereocenters. The number of rotatable bonds is 3. The zero-order chi connectivity index (χ0) is 13.0. The molecule has 0 bridgehead atoms. The van der Waals surface area contributed by atoms with Crippen molar-refractivity contribution in [3.63, 3.8) is 0 Å². The molecule has 4 heteroatoms. The first-order chi connectivity index (χ1) is 8.66. The van der Waals surface area contributed by atoms with E-state index in [0.29, 0.717) is 5.92 Å². The number of nitrogens with one attached hydrogen (secondary N) is 1. The summed E-state index contributed by atoms with van der Waals surface area (Å²) >= 11 is 0. The van der Waals surface area contributed by atoms with Gasteiger partial charge >= 0.3 is 0 Å². The van der Waals surface area contributed by atoms with Crippen LogP contribution in [0, 0.1) is 11.8 Å². The van der Waals surface area contributed by atoms with Gasteiger partial charge in [0.2, 0.25) is 5.91 Å². The average Bonchev–Trinajstić information content (AvgIpc) is 2.40. The maximum Gasteiger partial charge on any atom is 0.227 e. The molecule has 0 unspecified atom stereocenters. The fourth-order valence-corrected chi connectivity index (χ4v) is 2.41. The van der Waals surface area contributed by atoms with Gasteiger partial charge in [-0.3, -0.25) is 9.78 Å². The molecule has 0 aliphatic heterocycles. The van der Waals surface area contributed by atoms with Gasteiger partial charge in [-0.1, -0.05) is 6.58 Å². The molecular weight excluding hydrogens is 226 g/mol. The normalized spacial score (nSPS) is 23.3. The number of amides is 1. The topological polar surface area (TPSA) is 68.0 Å². The lowest BCUT2D eigenvalue weighted by Gasteiger charge is -2.27. The Bertz CT molecular complexity index is 422. The van der Waals surface area contributed by atoms with Crippen molar-refractivity contribution in [2.45, 2.75) is 25.7 Å². The number of anilines is 1. The third-order valence-electron chi connectivity index (χ3n) is 3.57. The molecule has 3 N–H and O–H groups in total. The Kier molecular flexibility index (Phi) is 3.97. The Morgan fingerprint density at radius 3 is 2.33 bits per heavy atom. The number of aromatic nitrogens is 1. The molecule has 1 saturated carbocycles. The summed E-state index contributed by atoms with van der Waals surface area (Å²) in [5, 5.41) is 2.92. The Hall–Kier alpha value is -1.84. The fraction of sp³-hybridized carbons (Fsp3) is 0.429. The number of pyridine rings is 1. The summed E-state index contributed by atoms with van der Waals surface area (Å²) in [6.45, 7) is 3.79. The molecule has 96 valence electrons. The van der Waals surface area contributed by atoms with E-state index in [0.717, 1.165) is 37.1 Å². The highest BCUT2D eigenvalue weighted by Gasteiger charge is 2.26. The van der Waals surface area contributed by atoms with Crippen molar-refractivity contribution in [1.29, 1.82) is 0 Å². The highest BCUT2D eigenvalue weighted by Crippen LogP contribution is 2.31. The van der Waals surface area contributed by atoms with Crippen LogP contribution in [0.4, 0.5) is 5.69 Å². The number of hydrogen-bond donors (Lipinski definition) is 2. The minimum absolute atomic E-state index is 0.0914. The lowest BCUT2D eigenvalue weighted by atomic mass is 9.80. The molecule has 0 radical (unpaired) electrons. The highest BCUT2D eigenvalue weighted by atomic mass is 16.1. The molecule has 1 aliphatic rings. The molecule has 1 aromatic rings. The van der Waals surface area contributed by atoms with Gasteiger partial charge < -0.3 is 11.1 Å². The number of carbonyl (C=O) groups is 1. The van der Waals surface area contributed by atoms with Crippen molar-refractivity contribution < 1.29 is 4.79 Å². The third kappa shape index (κ3) is 3.09. The van der Waals surface area contributed by atoms with E-state index in [1.165, 1.54) is 0 Å². The molecule has 18 heavy (non-hydrogen) atoms. The molecule has 2 rings (SSSR count). The van der Waals surface area contributed by atoms with Gasteiger partial charge in [-0.2, -0.15) is 0 Å². The Morgan fingerprint density at radius 2 is 1.78 bits per heavy atom. The lowest BCUT2D eigenvalue weighted by Crippen LogP contribution is -2.28. The van der Waals surface area contributed by atoms with Gasteiger partial charge in [-0.05, 0) is 43.7 Å². The summed E-state index contributed by atoms with van der Waals surface area (Å²) in [4.78, 5) is 16.0. The molecule has 1 amide bonds. The first-order valence-corrected chi connectivity index (χ1v) is 6.32. The zero-order valence-electron chi connectivity index (χ0n) is 10.4. The van der Waals surface area contributed by atoms with E-state index < -0.39 is 0 Å². The van der Waals surface area contributed by atoms with Crippen LogP contribution in [0.3, 0.4) is 0 Å². The van der Waals surface area contributed by atoms with Crippen molar-refractivity contribution >= 4 is 11.6 Å². The smallest absolute Gasteiger partial charge is 0.227 e. The fourth-order valence-electron chi connectivity index (χ4n) is 2.41. The minimum Gasteiger partial charge on any atom is -0.402 e. The van der Waals surface area contributed by atoms with Gasteiger partial charge in [0.05, 0.1) is 0 Å². The Labute approximate surface area is 107 Å². The van der Waals surface area contributed by atoms with Gasteiger partial charge in [0.1, 0.15) is 0 Å². The summed E-state index contributed by atoms with van der Waals surface area (Å²) in [5.41, 5.74) is 7.27. The second-order valence-electron chi connectivity index (χ2n) is 4.85. The van der Waals surface area contributed by atoms with E-state index in [1.54, 1.807) is 24.5 Å². The number of hydrogen-bond acceptors (Lipinski definition) is 3. The number of nitrogens with two attached hydrogens (primary N) is 1. The minimum atomic E-state index is 0.0914. The molecule has 0 aromatic carbocycles. The monoisotopic (exact) mass is 245 g/mol. The predicted octanol–water partition coefficient (Wildman–Crippen LogP) is 2.30. The standard InChI is InChI=1S/C14H19N3O/c1-10(15)11-2-4-12(5-3-11)14(18)17-13-6-8-16-9-7-13/h6-9,11-12H,1-5,15H2,(H,16,17,18). The SMILES string of the molecule is C=C(N)C1CCC(C(=O)Nc2ccncc2)CC1. The largest absolute Gasteiger partial charge is 0.402 e. The predicted molar refractivity (Wildman–Crippen MR) is 71.6 cm³/mol. The van der Waals surface area contributed by atoms with Gasteiger partial charge in [0.25, 0.3) is 0 Å². The lowest BCUT2D eigenvalue weighted by molar-refractivity contribution is -0.120. The van der Waals surface area contributed by atoms with Crippen LogP contribution in [0.2, 0.25) is 0 Å². The van der Waals surface area contributed by atoms with Gasteiger partial charge in [-0.25, -0.2) is 0 Å². The summed E-state index contributed by atoms with van der Waals surface area (Å²) in [5.74, 6) is 0.575. The number of nitrogens with zero attached hydrogens (tertiary/aromatic N) is 1. The first kappa shape index (κ1) is 12.6. The van der Waals surface area contributed by atoms with Crippen LogP contribution in [0.5, 0.6) is 0 Å². The van der Waals surface area contributed by atoms with E-state index in [4.69, 9.17) is 5.73 Å². The molecule has 1 aliphatic carbocycles. The molecule has 0 spiro atoms. The maximum atomic E-state index is 12.1. The van der Waals surface area contributed by atoms with E-state index in [9.17, 15) is 4.79 Å². The van der Waals surface area contributed by atoms with Crippen LogP contribution in [0.15, 0.2) is 36.8 Å². The Balaban J connectivity index is 1.86. The second kappa shape index (κ2) is 5.67. The van der Waals surface area contributed by atoms with Crippen LogP contribution in [-0.4, -0.2) is 10.9 Å². The zero-order valence-corrected chi connectivity index (χ0v) is 10.4. The maximum absolute atomic E-state index is 12.1. The average molecular weight is 245 g/mol. The van der Waals surface area contributed by atoms with Crippen molar-refractivity contribution in [1.82, 2.24) is 4.98 Å². The summed E-state index contributed by atoms with van der Waals surface area (Å²) in [6, 6.07) is 3.59. The van der Waals surface area contributed by atoms with Crippen LogP contribution in [0.1, 0.15) is 25.7 Å². The quantitative estimate of drug-likeness (QED) is 0.858. The molecular formula is C14H19N3O.